The Morgan fingerprint density at radius 1 is 1.10 bits per heavy atom. The van der Waals surface area contributed by atoms with Crippen LogP contribution in [0.25, 0.3) is 5.65 Å². The number of carbonyl (C=O) groups excluding carboxylic acids is 1. The second-order valence-corrected chi connectivity index (χ2v) is 7.78. The summed E-state index contributed by atoms with van der Waals surface area (Å²) in [5.41, 5.74) is 3.18. The normalized spacial score (nSPS) is 10.9. The zero-order valence-electron chi connectivity index (χ0n) is 16.1. The lowest BCUT2D eigenvalue weighted by molar-refractivity contribution is 0.102. The Morgan fingerprint density at radius 2 is 1.87 bits per heavy atom. The van der Waals surface area contributed by atoms with Gasteiger partial charge in [-0.2, -0.15) is 0 Å². The Kier molecular flexibility index (Phi) is 5.63. The number of halogens is 1. The molecule has 0 saturated heterocycles. The van der Waals surface area contributed by atoms with Crippen molar-refractivity contribution in [2.45, 2.75) is 17.6 Å². The first-order chi connectivity index (χ1) is 14.5. The maximum atomic E-state index is 13.1. The molecule has 0 atom stereocenters. The van der Waals surface area contributed by atoms with Gasteiger partial charge in [0.1, 0.15) is 11.5 Å². The van der Waals surface area contributed by atoms with Crippen LogP contribution in [0.2, 0.25) is 0 Å². The van der Waals surface area contributed by atoms with Gasteiger partial charge in [-0.25, -0.2) is 9.37 Å². The van der Waals surface area contributed by atoms with Gasteiger partial charge in [0.15, 0.2) is 0 Å². The Labute approximate surface area is 176 Å². The van der Waals surface area contributed by atoms with Gasteiger partial charge in [0.2, 0.25) is 0 Å². The summed E-state index contributed by atoms with van der Waals surface area (Å²) in [6, 6.07) is 18.0. The number of carbonyl (C=O) groups is 1. The van der Waals surface area contributed by atoms with Crippen molar-refractivity contribution in [2.24, 2.45) is 0 Å². The molecular formula is C23H18FN3O2S. The highest BCUT2D eigenvalue weighted by molar-refractivity contribution is 7.98. The van der Waals surface area contributed by atoms with Crippen LogP contribution in [0.5, 0.6) is 0 Å². The maximum absolute atomic E-state index is 13.1. The number of aromatic nitrogens is 2. The highest BCUT2D eigenvalue weighted by Gasteiger charge is 2.11. The Balaban J connectivity index is 1.53. The lowest BCUT2D eigenvalue weighted by Crippen LogP contribution is -2.15. The minimum Gasteiger partial charge on any atom is -0.321 e. The standard InChI is InChI=1S/C23H18FN3O2S/c1-15-10-11-27-21(12-15)25-18(13-22(27)28)14-30-20-5-3-2-4-19(20)26-23(29)16-6-8-17(24)9-7-16/h2-13H,14H2,1H3,(H,26,29). The van der Waals surface area contributed by atoms with E-state index in [1.54, 1.807) is 12.3 Å². The minimum atomic E-state index is -0.392. The summed E-state index contributed by atoms with van der Waals surface area (Å²) in [6.45, 7) is 1.95. The SMILES string of the molecule is Cc1ccn2c(=O)cc(CSc3ccccc3NC(=O)c3ccc(F)cc3)nc2c1. The number of benzene rings is 2. The molecule has 7 heteroatoms. The molecular weight excluding hydrogens is 401 g/mol. The number of thioether (sulfide) groups is 1. The molecule has 0 aliphatic heterocycles. The van der Waals surface area contributed by atoms with Crippen LogP contribution in [0.1, 0.15) is 21.6 Å². The van der Waals surface area contributed by atoms with Gasteiger partial charge in [0.05, 0.1) is 11.4 Å². The smallest absolute Gasteiger partial charge is 0.258 e. The largest absolute Gasteiger partial charge is 0.321 e. The fraction of sp³-hybridized carbons (Fsp3) is 0.0870. The van der Waals surface area contributed by atoms with Gasteiger partial charge in [-0.1, -0.05) is 12.1 Å². The van der Waals surface area contributed by atoms with Crippen molar-refractivity contribution < 1.29 is 9.18 Å². The van der Waals surface area contributed by atoms with Crippen LogP contribution in [-0.4, -0.2) is 15.3 Å². The molecule has 2 heterocycles. The van der Waals surface area contributed by atoms with E-state index in [2.05, 4.69) is 10.3 Å². The first kappa shape index (κ1) is 19.8. The fourth-order valence-corrected chi connectivity index (χ4v) is 3.87. The van der Waals surface area contributed by atoms with Crippen molar-refractivity contribution >= 4 is 29.0 Å². The zero-order valence-corrected chi connectivity index (χ0v) is 16.9. The molecule has 0 aliphatic rings. The Hall–Kier alpha value is -3.45. The molecule has 0 spiro atoms. The Bertz CT molecular complexity index is 1290. The van der Waals surface area contributed by atoms with Gasteiger partial charge in [0, 0.05) is 28.5 Å². The van der Waals surface area contributed by atoms with E-state index in [-0.39, 0.29) is 11.5 Å². The number of aryl methyl sites for hydroxylation is 1. The number of rotatable bonds is 5. The summed E-state index contributed by atoms with van der Waals surface area (Å²) in [4.78, 5) is 30.2. The number of anilines is 1. The minimum absolute atomic E-state index is 0.131. The van der Waals surface area contributed by atoms with Crippen LogP contribution in [0.15, 0.2) is 82.6 Å². The van der Waals surface area contributed by atoms with Crippen molar-refractivity contribution in [2.75, 3.05) is 5.32 Å². The number of amides is 1. The summed E-state index contributed by atoms with van der Waals surface area (Å²) in [7, 11) is 0. The third kappa shape index (κ3) is 4.41. The van der Waals surface area contributed by atoms with Crippen LogP contribution >= 0.6 is 11.8 Å². The maximum Gasteiger partial charge on any atom is 0.258 e. The van der Waals surface area contributed by atoms with Crippen molar-refractivity contribution in [3.05, 3.63) is 106 Å². The van der Waals surface area contributed by atoms with E-state index in [0.717, 1.165) is 10.5 Å². The molecule has 2 aromatic carbocycles. The molecule has 0 bridgehead atoms. The van der Waals surface area contributed by atoms with Gasteiger partial charge in [-0.05, 0) is 61.0 Å². The number of nitrogens with one attached hydrogen (secondary N) is 1. The number of nitrogens with zero attached hydrogens (tertiary/aromatic N) is 2. The van der Waals surface area contributed by atoms with Crippen LogP contribution in [0, 0.1) is 12.7 Å². The lowest BCUT2D eigenvalue weighted by Gasteiger charge is -2.11. The van der Waals surface area contributed by atoms with Crippen LogP contribution in [0.4, 0.5) is 10.1 Å². The second kappa shape index (κ2) is 8.51. The Morgan fingerprint density at radius 3 is 2.67 bits per heavy atom. The van der Waals surface area contributed by atoms with Gasteiger partial charge in [-0.3, -0.25) is 14.0 Å². The van der Waals surface area contributed by atoms with Gasteiger partial charge in [-0.15, -0.1) is 11.8 Å². The zero-order chi connectivity index (χ0) is 21.1. The third-order valence-electron chi connectivity index (χ3n) is 4.49. The number of hydrogen-bond donors (Lipinski definition) is 1. The summed E-state index contributed by atoms with van der Waals surface area (Å²) in [5, 5.41) is 2.86. The summed E-state index contributed by atoms with van der Waals surface area (Å²) in [6.07, 6.45) is 1.72. The number of fused-ring (bicyclic) bond motifs is 1. The highest BCUT2D eigenvalue weighted by Crippen LogP contribution is 2.29. The fourth-order valence-electron chi connectivity index (χ4n) is 2.97. The van der Waals surface area contributed by atoms with E-state index in [9.17, 15) is 14.0 Å². The molecule has 0 aliphatic carbocycles. The van der Waals surface area contributed by atoms with E-state index < -0.39 is 5.82 Å². The molecule has 0 radical (unpaired) electrons. The van der Waals surface area contributed by atoms with Crippen molar-refractivity contribution in [3.63, 3.8) is 0 Å². The number of pyridine rings is 1. The van der Waals surface area contributed by atoms with Crippen molar-refractivity contribution in [1.29, 1.82) is 0 Å². The summed E-state index contributed by atoms with van der Waals surface area (Å²) >= 11 is 1.48. The topological polar surface area (TPSA) is 63.5 Å². The average Bonchev–Trinajstić information content (AvgIpc) is 2.73. The summed E-state index contributed by atoms with van der Waals surface area (Å²) in [5.74, 6) is -0.236. The first-order valence-corrected chi connectivity index (χ1v) is 10.3. The highest BCUT2D eigenvalue weighted by atomic mass is 32.2. The molecule has 4 rings (SSSR count). The van der Waals surface area contributed by atoms with E-state index in [1.807, 2.05) is 37.3 Å². The van der Waals surface area contributed by atoms with Gasteiger partial charge in [0.25, 0.3) is 11.5 Å². The molecule has 0 fully saturated rings. The molecule has 5 nitrogen and oxygen atoms in total. The number of hydrogen-bond acceptors (Lipinski definition) is 4. The third-order valence-corrected chi connectivity index (χ3v) is 5.60. The first-order valence-electron chi connectivity index (χ1n) is 9.27. The van der Waals surface area contributed by atoms with Gasteiger partial charge >= 0.3 is 0 Å². The van der Waals surface area contributed by atoms with E-state index in [1.165, 1.54) is 46.5 Å². The second-order valence-electron chi connectivity index (χ2n) is 6.76. The summed E-state index contributed by atoms with van der Waals surface area (Å²) < 4.78 is 14.6. The van der Waals surface area contributed by atoms with E-state index in [0.29, 0.717) is 28.3 Å². The number of para-hydroxylation sites is 1. The molecule has 150 valence electrons. The molecule has 4 aromatic rings. The lowest BCUT2D eigenvalue weighted by atomic mass is 10.2. The monoisotopic (exact) mass is 419 g/mol. The average molecular weight is 419 g/mol. The molecule has 0 unspecified atom stereocenters. The van der Waals surface area contributed by atoms with Crippen molar-refractivity contribution in [1.82, 2.24) is 9.38 Å². The predicted octanol–water partition coefficient (Wildman–Crippen LogP) is 4.69. The molecule has 1 N–H and O–H groups in total. The predicted molar refractivity (Wildman–Crippen MR) is 117 cm³/mol. The molecule has 0 saturated carbocycles. The van der Waals surface area contributed by atoms with Crippen molar-refractivity contribution in [3.8, 4) is 0 Å². The quantitative estimate of drug-likeness (QED) is 0.477. The van der Waals surface area contributed by atoms with Crippen LogP contribution in [-0.2, 0) is 5.75 Å². The molecule has 30 heavy (non-hydrogen) atoms. The van der Waals surface area contributed by atoms with E-state index >= 15 is 0 Å². The molecule has 1 amide bonds. The molecule has 2 aromatic heterocycles. The van der Waals surface area contributed by atoms with Gasteiger partial charge < -0.3 is 5.32 Å². The van der Waals surface area contributed by atoms with E-state index in [4.69, 9.17) is 0 Å². The van der Waals surface area contributed by atoms with Crippen LogP contribution in [0.3, 0.4) is 0 Å². The van der Waals surface area contributed by atoms with Crippen LogP contribution < -0.4 is 10.9 Å².